The van der Waals surface area contributed by atoms with E-state index in [0.29, 0.717) is 0 Å². The molecule has 4 unspecified atom stereocenters. The Hall–Kier alpha value is -8.70. The fourth-order valence-electron chi connectivity index (χ4n) is 7.79. The van der Waals surface area contributed by atoms with Gasteiger partial charge in [0.15, 0.2) is 59.1 Å². The summed E-state index contributed by atoms with van der Waals surface area (Å²) in [4.78, 5) is 121. The Bertz CT molecular complexity index is 1810. The molecule has 4 aliphatic heterocycles. The van der Waals surface area contributed by atoms with Crippen LogP contribution in [-0.4, -0.2) is 111 Å². The zero-order valence-electron chi connectivity index (χ0n) is 28.3. The SMILES string of the molecule is O=[N+]([O-])C([N+](=O)[O-])([N+](=O)[O-])C1([B-](C2(C([N+](=O)[O-])([N+](=O)[O-])[N+](=O)[O-])N=NNN2)(C2(C([N+](=O)[O-])([N+](=O)[O-])[N+](=O)[O-])N=NNN2)C2(C([N+](=O)[O-])([N+](=O)[O-])[N+](=O)[O-])N=NNN2)N=NNN1.[Na+]. The number of hydrazine groups is 4. The minimum Gasteiger partial charge on any atom is -0.253 e. The van der Waals surface area contributed by atoms with Crippen molar-refractivity contribution in [2.45, 2.75) is 45.4 Å². The average Bonchev–Trinajstić information content (AvgIpc) is 3.94. The summed E-state index contributed by atoms with van der Waals surface area (Å²) in [6.07, 6.45) is -8.30. The molecule has 0 amide bonds. The molecule has 0 spiro atoms. The van der Waals surface area contributed by atoms with Gasteiger partial charge in [-0.05, 0) is 0 Å². The average molecular weight is 914 g/mol. The molecule has 0 aliphatic carbocycles. The molecule has 0 bridgehead atoms. The van der Waals surface area contributed by atoms with Gasteiger partial charge < -0.3 is 0 Å². The maximum absolute atomic E-state index is 13.1. The monoisotopic (exact) mass is 914 g/mol. The molecule has 0 aromatic heterocycles. The van der Waals surface area contributed by atoms with Crippen molar-refractivity contribution >= 4 is 6.15 Å². The van der Waals surface area contributed by atoms with Crippen molar-refractivity contribution in [1.29, 1.82) is 0 Å². The topological polar surface area (TPSA) is 713 Å². The van der Waals surface area contributed by atoms with Crippen molar-refractivity contribution in [3.05, 3.63) is 121 Å². The van der Waals surface area contributed by atoms with Crippen molar-refractivity contribution in [3.8, 4) is 0 Å². The van der Waals surface area contributed by atoms with Gasteiger partial charge in [0.25, 0.3) is 22.2 Å². The fourth-order valence-corrected chi connectivity index (χ4v) is 7.79. The standard InChI is InChI=1S/C8H8BN28O24.Na/c38-26(39)5(27(40)41,28(42)43)1(10-18-19-11-1)9(2(12-20-21-13-2)6(29(44)45,30(46)47)31(48)49,3(14-22-23-15-3)7(32(50)51,33(52)53)34(54)55)4(16-24-25-17-4)8(35(56)57,36(58)59)37(60)61;/h(H,10,19)(H,11,18)(H,12,21)(H,13,20)(H,14,23)(H,15,22)(H,16,25)(H,17,24);/q-1;+1. The van der Waals surface area contributed by atoms with Crippen LogP contribution in [0.15, 0.2) is 41.4 Å². The van der Waals surface area contributed by atoms with E-state index in [1.807, 2.05) is 0 Å². The van der Waals surface area contributed by atoms with E-state index in [2.05, 4.69) is 41.4 Å². The summed E-state index contributed by atoms with van der Waals surface area (Å²) in [6, 6.07) is 0. The molecule has 4 rings (SSSR count). The molecule has 0 fully saturated rings. The molecule has 0 aromatic rings. The Labute approximate surface area is 346 Å². The van der Waals surface area contributed by atoms with Gasteiger partial charge in [-0.1, -0.05) is 20.9 Å². The summed E-state index contributed by atoms with van der Waals surface area (Å²) in [5, 5.41) is 178. The van der Waals surface area contributed by atoms with Crippen LogP contribution in [0.2, 0.25) is 0 Å². The molecular formula is C8H8BN28NaO24. The molecule has 4 heterocycles. The molecular weight excluding hydrogens is 906 g/mol. The van der Waals surface area contributed by atoms with Gasteiger partial charge in [-0.2, -0.15) is 20.5 Å². The van der Waals surface area contributed by atoms with Gasteiger partial charge in [0.05, 0.1) is 0 Å². The maximum atomic E-state index is 13.1. The van der Waals surface area contributed by atoms with E-state index in [1.54, 1.807) is 0 Å². The second kappa shape index (κ2) is 14.5. The molecule has 0 saturated heterocycles. The van der Waals surface area contributed by atoms with Crippen molar-refractivity contribution in [2.24, 2.45) is 41.4 Å². The largest absolute Gasteiger partial charge is 1.00 e. The van der Waals surface area contributed by atoms with Gasteiger partial charge in [0.1, 0.15) is 0 Å². The smallest absolute Gasteiger partial charge is 0.253 e. The third kappa shape index (κ3) is 4.42. The van der Waals surface area contributed by atoms with Crippen LogP contribution in [-0.2, 0) is 0 Å². The van der Waals surface area contributed by atoms with Gasteiger partial charge in [-0.15, -0.1) is 0 Å². The van der Waals surface area contributed by atoms with E-state index in [-0.39, 0.29) is 29.6 Å². The van der Waals surface area contributed by atoms with Crippen LogP contribution < -0.4 is 73.4 Å². The second-order valence-corrected chi connectivity index (χ2v) is 11.3. The number of rotatable bonds is 20. The van der Waals surface area contributed by atoms with E-state index in [0.717, 1.165) is 43.8 Å². The number of nitrogens with one attached hydrogen (secondary N) is 8. The minimum atomic E-state index is -8.30. The van der Waals surface area contributed by atoms with Crippen LogP contribution in [0.25, 0.3) is 0 Å². The van der Waals surface area contributed by atoms with Gasteiger partial charge in [0, 0.05) is 0 Å². The summed E-state index contributed by atoms with van der Waals surface area (Å²) in [5.74, 6) is -26.2. The maximum Gasteiger partial charge on any atom is 1.00 e. The van der Waals surface area contributed by atoms with Crippen LogP contribution >= 0.6 is 0 Å². The molecule has 62 heavy (non-hydrogen) atoms. The molecule has 0 aromatic carbocycles. The summed E-state index contributed by atoms with van der Waals surface area (Å²) in [6.45, 7) is 0. The van der Waals surface area contributed by atoms with E-state index in [1.165, 1.54) is 0 Å². The van der Waals surface area contributed by atoms with Gasteiger partial charge in [-0.25, -0.2) is 43.8 Å². The number of hydrogen-bond donors (Lipinski definition) is 8. The van der Waals surface area contributed by atoms with Crippen LogP contribution in [0.1, 0.15) is 0 Å². The summed E-state index contributed by atoms with van der Waals surface area (Å²) >= 11 is 0. The molecule has 4 atom stereocenters. The first-order valence-corrected chi connectivity index (χ1v) is 13.8. The predicted molar refractivity (Wildman–Crippen MR) is 156 cm³/mol. The van der Waals surface area contributed by atoms with Crippen LogP contribution in [0.3, 0.4) is 0 Å². The summed E-state index contributed by atoms with van der Waals surface area (Å²) in [5.41, 5.74) is -18.1. The van der Waals surface area contributed by atoms with Gasteiger partial charge in [-0.3, -0.25) is 121 Å². The van der Waals surface area contributed by atoms with Gasteiger partial charge in [0.2, 0.25) is 0 Å². The molecule has 4 aliphatic rings. The minimum absolute atomic E-state index is 0. The zero-order chi connectivity index (χ0) is 46.7. The number of hydrogen-bond acceptors (Lipinski definition) is 40. The first kappa shape index (κ1) is 47.7. The third-order valence-electron chi connectivity index (χ3n) is 9.62. The normalized spacial score (nSPS) is 25.9. The molecule has 8 N–H and O–H groups in total. The van der Waals surface area contributed by atoms with Crippen molar-refractivity contribution < 1.29 is 88.6 Å². The number of nitro groups is 12. The molecule has 54 heteroatoms. The molecule has 0 radical (unpaired) electrons. The fraction of sp³-hybridized carbons (Fsp3) is 1.00. The first-order valence-electron chi connectivity index (χ1n) is 13.8. The predicted octanol–water partition coefficient (Wildman–Crippen LogP) is -10.8. The quantitative estimate of drug-likeness (QED) is 0.0243. The Morgan fingerprint density at radius 2 is 0.435 bits per heavy atom. The van der Waals surface area contributed by atoms with E-state index in [9.17, 15) is 121 Å². The van der Waals surface area contributed by atoms with E-state index >= 15 is 0 Å². The van der Waals surface area contributed by atoms with Crippen molar-refractivity contribution in [2.75, 3.05) is 0 Å². The third-order valence-corrected chi connectivity index (χ3v) is 9.62. The number of nitrogens with zero attached hydrogens (tertiary/aromatic N) is 20. The van der Waals surface area contributed by atoms with E-state index in [4.69, 9.17) is 0 Å². The Morgan fingerprint density at radius 3 is 0.516 bits per heavy atom. The zero-order valence-corrected chi connectivity index (χ0v) is 30.3. The summed E-state index contributed by atoms with van der Waals surface area (Å²) < 4.78 is 0. The first-order chi connectivity index (χ1) is 28.1. The van der Waals surface area contributed by atoms with Crippen LogP contribution in [0.5, 0.6) is 0 Å². The van der Waals surface area contributed by atoms with Crippen molar-refractivity contribution in [1.82, 2.24) is 43.8 Å². The van der Waals surface area contributed by atoms with Crippen molar-refractivity contribution in [3.63, 3.8) is 0 Å². The Kier molecular flexibility index (Phi) is 11.2. The Morgan fingerprint density at radius 1 is 0.306 bits per heavy atom. The molecule has 0 saturated carbocycles. The Balaban J connectivity index is 0.0000102. The van der Waals surface area contributed by atoms with Gasteiger partial charge >= 0.3 is 58.9 Å². The molecule has 52 nitrogen and oxygen atoms in total. The van der Waals surface area contributed by atoms with Crippen LogP contribution in [0.4, 0.5) is 0 Å². The van der Waals surface area contributed by atoms with E-state index < -0.39 is 111 Å². The summed E-state index contributed by atoms with van der Waals surface area (Å²) in [7, 11) is 0. The van der Waals surface area contributed by atoms with Crippen LogP contribution in [0, 0.1) is 121 Å². The molecule has 328 valence electrons. The second-order valence-electron chi connectivity index (χ2n) is 11.3.